The number of carbonyl (C=O) groups is 1. The Labute approximate surface area is 104 Å². The van der Waals surface area contributed by atoms with E-state index in [0.717, 1.165) is 25.8 Å². The van der Waals surface area contributed by atoms with Gasteiger partial charge in [0.25, 0.3) is 0 Å². The molecular weight excluding hydrogens is 309 g/mol. The number of alkyl halides is 1. The molecule has 15 heavy (non-hydrogen) atoms. The second-order valence-electron chi connectivity index (χ2n) is 3.53. The van der Waals surface area contributed by atoms with Gasteiger partial charge in [0.1, 0.15) is 6.23 Å². The fourth-order valence-electron chi connectivity index (χ4n) is 1.76. The monoisotopic (exact) mass is 327 g/mol. The molecule has 1 amide bonds. The third-order valence-electron chi connectivity index (χ3n) is 2.49. The van der Waals surface area contributed by atoms with Gasteiger partial charge in [-0.05, 0) is 19.8 Å². The molecule has 1 fully saturated rings. The summed E-state index contributed by atoms with van der Waals surface area (Å²) >= 11 is 2.35. The molecule has 1 heterocycles. The van der Waals surface area contributed by atoms with Crippen molar-refractivity contribution in [2.24, 2.45) is 0 Å². The number of carbonyl (C=O) groups excluding carboxylic acids is 1. The predicted molar refractivity (Wildman–Crippen MR) is 66.2 cm³/mol. The molecule has 2 atom stereocenters. The standard InChI is InChI=1S/C10H18INO3/c1-3-15-10(13)12-7-5-4-6-8(11)9(12)14-2/h8-9H,3-7H2,1-2H3. The Morgan fingerprint density at radius 2 is 2.27 bits per heavy atom. The third-order valence-corrected chi connectivity index (χ3v) is 3.73. The highest BCUT2D eigenvalue weighted by atomic mass is 127. The van der Waals surface area contributed by atoms with Crippen LogP contribution in [0.3, 0.4) is 0 Å². The van der Waals surface area contributed by atoms with Gasteiger partial charge in [0, 0.05) is 13.7 Å². The maximum absolute atomic E-state index is 11.7. The molecule has 2 unspecified atom stereocenters. The van der Waals surface area contributed by atoms with Gasteiger partial charge in [-0.25, -0.2) is 4.79 Å². The summed E-state index contributed by atoms with van der Waals surface area (Å²) in [6.07, 6.45) is 2.86. The molecule has 0 N–H and O–H groups in total. The number of hydrogen-bond acceptors (Lipinski definition) is 3. The summed E-state index contributed by atoms with van der Waals surface area (Å²) in [5.41, 5.74) is 0. The van der Waals surface area contributed by atoms with Crippen molar-refractivity contribution in [2.45, 2.75) is 36.3 Å². The Bertz CT molecular complexity index is 213. The summed E-state index contributed by atoms with van der Waals surface area (Å²) in [7, 11) is 1.65. The number of rotatable bonds is 2. The van der Waals surface area contributed by atoms with Crippen LogP contribution in [0.2, 0.25) is 0 Å². The van der Waals surface area contributed by atoms with Crippen LogP contribution < -0.4 is 0 Å². The number of amides is 1. The van der Waals surface area contributed by atoms with E-state index in [9.17, 15) is 4.79 Å². The average Bonchev–Trinajstić information content (AvgIpc) is 2.40. The average molecular weight is 327 g/mol. The molecule has 0 radical (unpaired) electrons. The van der Waals surface area contributed by atoms with E-state index in [1.54, 1.807) is 12.0 Å². The van der Waals surface area contributed by atoms with Gasteiger partial charge >= 0.3 is 6.09 Å². The molecule has 0 bridgehead atoms. The summed E-state index contributed by atoms with van der Waals surface area (Å²) in [5.74, 6) is 0. The lowest BCUT2D eigenvalue weighted by molar-refractivity contribution is -0.0221. The third kappa shape index (κ3) is 3.48. The van der Waals surface area contributed by atoms with Crippen LogP contribution in [0.5, 0.6) is 0 Å². The molecule has 0 aromatic rings. The van der Waals surface area contributed by atoms with Crippen molar-refractivity contribution < 1.29 is 14.3 Å². The highest BCUT2D eigenvalue weighted by molar-refractivity contribution is 14.1. The molecule has 0 aromatic carbocycles. The van der Waals surface area contributed by atoms with Crippen LogP contribution in [0.15, 0.2) is 0 Å². The van der Waals surface area contributed by atoms with E-state index in [-0.39, 0.29) is 12.3 Å². The van der Waals surface area contributed by atoms with Gasteiger partial charge in [0.05, 0.1) is 10.5 Å². The van der Waals surface area contributed by atoms with E-state index in [1.807, 2.05) is 6.92 Å². The van der Waals surface area contributed by atoms with E-state index >= 15 is 0 Å². The highest BCUT2D eigenvalue weighted by Crippen LogP contribution is 2.24. The molecule has 1 aliphatic rings. The molecule has 1 saturated heterocycles. The van der Waals surface area contributed by atoms with Gasteiger partial charge in [-0.1, -0.05) is 29.0 Å². The Morgan fingerprint density at radius 1 is 1.53 bits per heavy atom. The van der Waals surface area contributed by atoms with Gasteiger partial charge in [-0.3, -0.25) is 4.90 Å². The van der Waals surface area contributed by atoms with Crippen molar-refractivity contribution in [3.63, 3.8) is 0 Å². The maximum atomic E-state index is 11.7. The van der Waals surface area contributed by atoms with Gasteiger partial charge in [0.2, 0.25) is 0 Å². The summed E-state index contributed by atoms with van der Waals surface area (Å²) in [6.45, 7) is 2.97. The first-order valence-electron chi connectivity index (χ1n) is 5.31. The van der Waals surface area contributed by atoms with Crippen molar-refractivity contribution in [1.29, 1.82) is 0 Å². The van der Waals surface area contributed by atoms with Crippen molar-refractivity contribution in [3.05, 3.63) is 0 Å². The van der Waals surface area contributed by atoms with Crippen molar-refractivity contribution >= 4 is 28.7 Å². The molecule has 88 valence electrons. The van der Waals surface area contributed by atoms with Gasteiger partial charge in [0.15, 0.2) is 0 Å². The van der Waals surface area contributed by atoms with Crippen LogP contribution in [0.4, 0.5) is 4.79 Å². The van der Waals surface area contributed by atoms with Gasteiger partial charge in [-0.15, -0.1) is 0 Å². The number of halogens is 1. The number of nitrogens with zero attached hydrogens (tertiary/aromatic N) is 1. The lowest BCUT2D eigenvalue weighted by atomic mass is 10.2. The highest BCUT2D eigenvalue weighted by Gasteiger charge is 2.31. The fourth-order valence-corrected chi connectivity index (χ4v) is 2.89. The molecule has 1 aliphatic heterocycles. The van der Waals surface area contributed by atoms with Crippen molar-refractivity contribution in [1.82, 2.24) is 4.90 Å². The fraction of sp³-hybridized carbons (Fsp3) is 0.900. The minimum absolute atomic E-state index is 0.146. The molecule has 0 aliphatic carbocycles. The summed E-state index contributed by atoms with van der Waals surface area (Å²) in [4.78, 5) is 13.4. The Kier molecular flexibility index (Phi) is 5.66. The molecule has 0 saturated carbocycles. The first-order chi connectivity index (χ1) is 7.20. The van der Waals surface area contributed by atoms with Crippen LogP contribution in [-0.4, -0.2) is 41.4 Å². The molecule has 1 rings (SSSR count). The zero-order valence-electron chi connectivity index (χ0n) is 9.24. The number of likely N-dealkylation sites (tertiary alicyclic amines) is 1. The largest absolute Gasteiger partial charge is 0.450 e. The van der Waals surface area contributed by atoms with Crippen molar-refractivity contribution in [2.75, 3.05) is 20.3 Å². The Morgan fingerprint density at radius 3 is 2.87 bits per heavy atom. The van der Waals surface area contributed by atoms with E-state index in [2.05, 4.69) is 22.6 Å². The van der Waals surface area contributed by atoms with Crippen LogP contribution in [-0.2, 0) is 9.47 Å². The normalized spacial score (nSPS) is 27.3. The summed E-state index contributed by atoms with van der Waals surface area (Å²) in [5, 5.41) is 0. The number of methoxy groups -OCH3 is 1. The Balaban J connectivity index is 2.68. The molecule has 5 heteroatoms. The lowest BCUT2D eigenvalue weighted by Crippen LogP contribution is -2.45. The van der Waals surface area contributed by atoms with Crippen LogP contribution in [0.25, 0.3) is 0 Å². The van der Waals surface area contributed by atoms with Gasteiger partial charge < -0.3 is 9.47 Å². The zero-order valence-corrected chi connectivity index (χ0v) is 11.4. The second kappa shape index (κ2) is 6.52. The molecule has 4 nitrogen and oxygen atoms in total. The number of ether oxygens (including phenoxy) is 2. The second-order valence-corrected chi connectivity index (χ2v) is 5.13. The van der Waals surface area contributed by atoms with Crippen molar-refractivity contribution in [3.8, 4) is 0 Å². The van der Waals surface area contributed by atoms with Crippen LogP contribution >= 0.6 is 22.6 Å². The molecule has 0 spiro atoms. The van der Waals surface area contributed by atoms with E-state index in [4.69, 9.17) is 9.47 Å². The van der Waals surface area contributed by atoms with Gasteiger partial charge in [-0.2, -0.15) is 0 Å². The predicted octanol–water partition coefficient (Wildman–Crippen LogP) is 2.40. The summed E-state index contributed by atoms with van der Waals surface area (Å²) in [6, 6.07) is 0. The zero-order chi connectivity index (χ0) is 11.3. The lowest BCUT2D eigenvalue weighted by Gasteiger charge is -2.30. The number of hydrogen-bond donors (Lipinski definition) is 0. The first-order valence-corrected chi connectivity index (χ1v) is 6.55. The topological polar surface area (TPSA) is 38.8 Å². The first kappa shape index (κ1) is 13.0. The van der Waals surface area contributed by atoms with Crippen LogP contribution in [0.1, 0.15) is 26.2 Å². The molecule has 0 aromatic heterocycles. The summed E-state index contributed by atoms with van der Waals surface area (Å²) < 4.78 is 10.7. The Hall–Kier alpha value is -0.0400. The quantitative estimate of drug-likeness (QED) is 0.577. The van der Waals surface area contributed by atoms with E-state index in [1.165, 1.54) is 0 Å². The van der Waals surface area contributed by atoms with E-state index in [0.29, 0.717) is 10.5 Å². The molecular formula is C10H18INO3. The minimum atomic E-state index is -0.257. The SMILES string of the molecule is CCOC(=O)N1CCCCC(I)C1OC. The van der Waals surface area contributed by atoms with Crippen LogP contribution in [0, 0.1) is 0 Å². The minimum Gasteiger partial charge on any atom is -0.450 e. The smallest absolute Gasteiger partial charge is 0.411 e. The maximum Gasteiger partial charge on any atom is 0.411 e. The van der Waals surface area contributed by atoms with E-state index < -0.39 is 0 Å².